The van der Waals surface area contributed by atoms with Crippen LogP contribution in [0.5, 0.6) is 0 Å². The summed E-state index contributed by atoms with van der Waals surface area (Å²) < 4.78 is 48.2. The molecule has 1 unspecified atom stereocenters. The molecule has 0 aliphatic carbocycles. The highest BCUT2D eigenvalue weighted by molar-refractivity contribution is 5.77. The molecule has 0 spiro atoms. The van der Waals surface area contributed by atoms with Crippen molar-refractivity contribution in [3.05, 3.63) is 12.2 Å². The van der Waals surface area contributed by atoms with Crippen LogP contribution in [-0.4, -0.2) is 262 Å². The van der Waals surface area contributed by atoms with E-state index in [1.807, 2.05) is 6.08 Å². The number of amides is 2. The average molecular weight is 1450 g/mol. The summed E-state index contributed by atoms with van der Waals surface area (Å²) >= 11 is 0. The summed E-state index contributed by atoms with van der Waals surface area (Å²) in [5.41, 5.74) is 0. The number of aliphatic carboxylic acids is 1. The molecule has 23 atom stereocenters. The van der Waals surface area contributed by atoms with Crippen molar-refractivity contribution in [3.63, 3.8) is 0 Å². The number of carbonyl (C=O) groups is 4. The Kier molecular flexibility index (Phi) is 45.2. The van der Waals surface area contributed by atoms with E-state index in [-0.39, 0.29) is 12.3 Å². The normalized spacial score (nSPS) is 31.4. The number of carboxylic acid groups (broad SMARTS) is 1. The van der Waals surface area contributed by atoms with E-state index in [0.717, 1.165) is 65.2 Å². The van der Waals surface area contributed by atoms with Crippen molar-refractivity contribution in [3.8, 4) is 0 Å². The summed E-state index contributed by atoms with van der Waals surface area (Å²) in [7, 11) is 0. The fourth-order valence-corrected chi connectivity index (χ4v) is 13.9. The van der Waals surface area contributed by atoms with Gasteiger partial charge in [-0.25, -0.2) is 4.79 Å². The van der Waals surface area contributed by atoms with Gasteiger partial charge in [0.15, 0.2) is 18.9 Å². The lowest BCUT2D eigenvalue weighted by Gasteiger charge is -2.52. The van der Waals surface area contributed by atoms with Crippen molar-refractivity contribution in [1.82, 2.24) is 10.6 Å². The molecule has 0 aromatic heterocycles. The van der Waals surface area contributed by atoms with E-state index in [1.54, 1.807) is 6.08 Å². The second kappa shape index (κ2) is 50.5. The first kappa shape index (κ1) is 90.4. The highest BCUT2D eigenvalue weighted by Crippen LogP contribution is 2.41. The van der Waals surface area contributed by atoms with E-state index in [1.165, 1.54) is 141 Å². The Balaban J connectivity index is 1.49. The van der Waals surface area contributed by atoms with Gasteiger partial charge in [0, 0.05) is 32.1 Å². The van der Waals surface area contributed by atoms with E-state index in [2.05, 4.69) is 24.5 Å². The highest BCUT2D eigenvalue weighted by Gasteiger charge is 2.61. The number of carbonyl (C=O) groups excluding carboxylic acids is 3. The van der Waals surface area contributed by atoms with Crippen LogP contribution in [0.1, 0.15) is 252 Å². The molecule has 28 heteroatoms. The maximum atomic E-state index is 13.6. The zero-order valence-electron chi connectivity index (χ0n) is 60.8. The molecular formula is C73H132N2O26. The van der Waals surface area contributed by atoms with Crippen molar-refractivity contribution in [2.75, 3.05) is 33.0 Å². The van der Waals surface area contributed by atoms with Crippen LogP contribution in [0.2, 0.25) is 0 Å². The van der Waals surface area contributed by atoms with E-state index in [9.17, 15) is 90.7 Å². The Labute approximate surface area is 598 Å². The van der Waals surface area contributed by atoms with Crippen LogP contribution >= 0.6 is 0 Å². The zero-order valence-corrected chi connectivity index (χ0v) is 60.8. The standard InChI is InChI=1S/C73H132N2O26/c1-5-7-9-11-13-15-17-19-20-21-22-23-24-25-27-29-31-33-35-37-39-57(85)75-50(51(82)38-36-34-32-30-28-26-18-16-14-12-10-8-6-2)46-94-70-63(90)62(89)65(55(44-78)96-70)98-71-64(91)68(66(56(45-79)97-71)99-69-49(40-47(3)80)59(86)61(88)54(43-77)95-69)101-73(72(92)93)41-52(83)58(74-48(4)81)67(100-73)60(87)53(84)42-76/h36,38,49-56,58-71,76-79,82-84,86-91H,5-35,37,39-46H2,1-4H3,(H,74,81)(H,75,85)(H,92,93)/t49-,50+,51-,52+,53-,54-,55-,56-,58-,59-,60-,61+,62-,63-,64-,65-,66+,67?,68-,69+,70-,71+,73+/m1/s1. The highest BCUT2D eigenvalue weighted by atomic mass is 16.8. The first-order valence-electron chi connectivity index (χ1n) is 38.3. The molecule has 0 aromatic rings. The van der Waals surface area contributed by atoms with Crippen molar-refractivity contribution in [2.24, 2.45) is 5.92 Å². The minimum Gasteiger partial charge on any atom is -0.477 e. The van der Waals surface area contributed by atoms with Gasteiger partial charge in [0.2, 0.25) is 11.8 Å². The summed E-state index contributed by atoms with van der Waals surface area (Å²) in [6.07, 6.45) is 2.38. The molecule has 0 radical (unpaired) electrons. The van der Waals surface area contributed by atoms with Gasteiger partial charge in [-0.1, -0.05) is 212 Å². The van der Waals surface area contributed by atoms with E-state index < -0.39 is 204 Å². The van der Waals surface area contributed by atoms with Gasteiger partial charge in [0.25, 0.3) is 5.79 Å². The molecule has 4 saturated heterocycles. The number of ketones is 1. The van der Waals surface area contributed by atoms with Gasteiger partial charge in [-0.3, -0.25) is 9.59 Å². The van der Waals surface area contributed by atoms with Gasteiger partial charge in [-0.2, -0.15) is 0 Å². The third kappa shape index (κ3) is 31.0. The first-order valence-corrected chi connectivity index (χ1v) is 38.3. The molecule has 0 aromatic carbocycles. The molecule has 4 aliphatic heterocycles. The van der Waals surface area contributed by atoms with Crippen LogP contribution in [0.15, 0.2) is 12.2 Å². The molecule has 4 fully saturated rings. The summed E-state index contributed by atoms with van der Waals surface area (Å²) in [6.45, 7) is 1.94. The number of hydrogen-bond acceptors (Lipinski definition) is 25. The van der Waals surface area contributed by atoms with Crippen molar-refractivity contribution < 1.29 is 129 Å². The molecule has 0 saturated carbocycles. The predicted octanol–water partition coefficient (Wildman–Crippen LogP) is 4.17. The number of aliphatic hydroxyl groups excluding tert-OH is 13. The summed E-state index contributed by atoms with van der Waals surface area (Å²) in [5.74, 6) is -8.55. The van der Waals surface area contributed by atoms with E-state index in [4.69, 9.17) is 37.9 Å². The third-order valence-electron chi connectivity index (χ3n) is 20.0. The zero-order chi connectivity index (χ0) is 74.3. The number of rotatable bonds is 55. The number of ether oxygens (including phenoxy) is 8. The Morgan fingerprint density at radius 3 is 1.49 bits per heavy atom. The lowest BCUT2D eigenvalue weighted by atomic mass is 9.87. The molecule has 28 nitrogen and oxygen atoms in total. The Morgan fingerprint density at radius 1 is 0.545 bits per heavy atom. The quantitative estimate of drug-likeness (QED) is 0.0300. The number of nitrogens with one attached hydrogen (secondary N) is 2. The Bertz CT molecular complexity index is 2260. The first-order chi connectivity index (χ1) is 48.5. The van der Waals surface area contributed by atoms with Gasteiger partial charge in [-0.15, -0.1) is 0 Å². The smallest absolute Gasteiger partial charge is 0.364 e. The maximum Gasteiger partial charge on any atom is 0.364 e. The molecule has 4 rings (SSSR count). The van der Waals surface area contributed by atoms with E-state index >= 15 is 0 Å². The van der Waals surface area contributed by atoms with Gasteiger partial charge in [0.1, 0.15) is 85.1 Å². The van der Waals surface area contributed by atoms with Crippen LogP contribution in [0.25, 0.3) is 0 Å². The van der Waals surface area contributed by atoms with Crippen LogP contribution in [0, 0.1) is 5.92 Å². The fourth-order valence-electron chi connectivity index (χ4n) is 13.9. The van der Waals surface area contributed by atoms with Crippen LogP contribution in [0.4, 0.5) is 0 Å². The van der Waals surface area contributed by atoms with E-state index in [0.29, 0.717) is 12.8 Å². The minimum atomic E-state index is -3.26. The molecule has 590 valence electrons. The lowest BCUT2D eigenvalue weighted by Crippen LogP contribution is -2.71. The van der Waals surface area contributed by atoms with Crippen LogP contribution < -0.4 is 10.6 Å². The van der Waals surface area contributed by atoms with Gasteiger partial charge >= 0.3 is 5.97 Å². The molecule has 101 heavy (non-hydrogen) atoms. The Morgan fingerprint density at radius 2 is 1.01 bits per heavy atom. The van der Waals surface area contributed by atoms with Crippen LogP contribution in [-0.2, 0) is 57.1 Å². The molecule has 0 bridgehead atoms. The number of Topliss-reactive ketones (excluding diaryl/α,β-unsaturated/α-hetero) is 1. The summed E-state index contributed by atoms with van der Waals surface area (Å²) in [6, 6.07) is -2.79. The van der Waals surface area contributed by atoms with Crippen molar-refractivity contribution in [2.45, 2.75) is 387 Å². The summed E-state index contributed by atoms with van der Waals surface area (Å²) in [5, 5.41) is 161. The number of allylic oxidation sites excluding steroid dienone is 1. The van der Waals surface area contributed by atoms with Crippen LogP contribution in [0.3, 0.4) is 0 Å². The second-order valence-electron chi connectivity index (χ2n) is 28.6. The second-order valence-corrected chi connectivity index (χ2v) is 28.6. The number of carboxylic acids is 1. The van der Waals surface area contributed by atoms with Gasteiger partial charge < -0.3 is 125 Å². The molecule has 4 aliphatic rings. The summed E-state index contributed by atoms with van der Waals surface area (Å²) in [4.78, 5) is 52.1. The number of aliphatic hydroxyl groups is 13. The monoisotopic (exact) mass is 1450 g/mol. The van der Waals surface area contributed by atoms with Crippen molar-refractivity contribution >= 4 is 23.6 Å². The fraction of sp³-hybridized carbons (Fsp3) is 0.918. The number of unbranched alkanes of at least 4 members (excludes halogenated alkanes) is 30. The largest absolute Gasteiger partial charge is 0.477 e. The lowest BCUT2D eigenvalue weighted by molar-refractivity contribution is -0.403. The number of hydrogen-bond donors (Lipinski definition) is 16. The molecule has 2 amide bonds. The van der Waals surface area contributed by atoms with Gasteiger partial charge in [0.05, 0.1) is 63.4 Å². The maximum absolute atomic E-state index is 13.6. The van der Waals surface area contributed by atoms with Crippen molar-refractivity contribution in [1.29, 1.82) is 0 Å². The molecule has 16 N–H and O–H groups in total. The third-order valence-corrected chi connectivity index (χ3v) is 20.0. The minimum absolute atomic E-state index is 0.165. The average Bonchev–Trinajstić information content (AvgIpc) is 0.754. The molecule has 4 heterocycles. The van der Waals surface area contributed by atoms with Gasteiger partial charge in [-0.05, 0) is 26.2 Å². The molecular weight excluding hydrogens is 1320 g/mol. The Hall–Kier alpha value is -3.02. The SMILES string of the molecule is CCCCCCCCCCCCCC=C[C@@H](O)[C@H](CO[C@@H]1O[C@H](CO)[C@@H](O[C@@H]2O[C@H](CO)[C@H](O[C@@H]3O[C@H](CO)[C@H](O)[C@H](O)[C@H]3CC(C)=O)[C@H](O[C@]3(C(=O)O)C[C@H](O)[C@@H](NC(C)=O)C([C@H](O)[C@H](O)CO)O3)[C@H]2O)[C@H](O)[C@H]1O)NC(=O)CCCCCCCCCCCCCCCCCCCCCC. The predicted molar refractivity (Wildman–Crippen MR) is 370 cm³/mol. The topological polar surface area (TPSA) is 449 Å².